The highest BCUT2D eigenvalue weighted by atomic mass is 32.1. The first kappa shape index (κ1) is 17.7. The molecule has 0 aliphatic rings. The molecule has 4 aromatic rings. The van der Waals surface area contributed by atoms with E-state index in [1.165, 1.54) is 30.6 Å². The molecule has 0 saturated heterocycles. The van der Waals surface area contributed by atoms with Crippen LogP contribution in [0.1, 0.15) is 17.4 Å². The number of fused-ring (bicyclic) bond motifs is 1. The van der Waals surface area contributed by atoms with Crippen molar-refractivity contribution >= 4 is 43.9 Å². The molecule has 0 saturated carbocycles. The number of benzene rings is 1. The van der Waals surface area contributed by atoms with E-state index in [1.54, 1.807) is 22.8 Å². The molecule has 0 aliphatic heterocycles. The molecule has 8 heteroatoms. The molecule has 27 heavy (non-hydrogen) atoms. The molecule has 0 radical (unpaired) electrons. The maximum Gasteiger partial charge on any atom is 0.274 e. The first-order valence-electron chi connectivity index (χ1n) is 8.28. The van der Waals surface area contributed by atoms with Crippen molar-refractivity contribution in [3.63, 3.8) is 0 Å². The van der Waals surface area contributed by atoms with Gasteiger partial charge in [0.15, 0.2) is 5.13 Å². The van der Waals surface area contributed by atoms with Crippen LogP contribution in [-0.2, 0) is 6.54 Å². The fraction of sp³-hybridized carbons (Fsp3) is 0.158. The molecule has 0 atom stereocenters. The lowest BCUT2D eigenvalue weighted by atomic mass is 10.1. The molecule has 138 valence electrons. The number of thiophene rings is 1. The zero-order valence-electron chi connectivity index (χ0n) is 14.7. The first-order valence-corrected chi connectivity index (χ1v) is 10.0. The highest BCUT2D eigenvalue weighted by molar-refractivity contribution is 7.17. The Kier molecular flexibility index (Phi) is 4.67. The van der Waals surface area contributed by atoms with E-state index in [1.807, 2.05) is 29.0 Å². The normalized spacial score (nSPS) is 11.1. The van der Waals surface area contributed by atoms with E-state index in [-0.39, 0.29) is 11.7 Å². The number of hydrogen-bond acceptors (Lipinski definition) is 5. The third kappa shape index (κ3) is 3.22. The molecule has 0 bridgehead atoms. The molecule has 4 rings (SSSR count). The van der Waals surface area contributed by atoms with Gasteiger partial charge in [-0.25, -0.2) is 9.37 Å². The number of aromatic nitrogens is 2. The molecule has 0 spiro atoms. The predicted octanol–water partition coefficient (Wildman–Crippen LogP) is 5.25. The fourth-order valence-electron chi connectivity index (χ4n) is 3.00. The summed E-state index contributed by atoms with van der Waals surface area (Å²) in [6.07, 6.45) is 0. The van der Waals surface area contributed by atoms with E-state index in [0.717, 1.165) is 10.2 Å². The topological polar surface area (TPSA) is 56.2 Å². The zero-order valence-corrected chi connectivity index (χ0v) is 16.3. The van der Waals surface area contributed by atoms with Crippen molar-refractivity contribution < 1.29 is 13.9 Å². The Morgan fingerprint density at radius 3 is 2.93 bits per heavy atom. The SMILES string of the molecule is CCn1c(C(=O)Nc2nc(-c3cc(F)ccc3OC)cs2)cc2sccc21. The summed E-state index contributed by atoms with van der Waals surface area (Å²) in [4.78, 5) is 17.2. The van der Waals surface area contributed by atoms with Crippen LogP contribution in [0, 0.1) is 5.82 Å². The number of thiazole rings is 1. The smallest absolute Gasteiger partial charge is 0.274 e. The monoisotopic (exact) mass is 401 g/mol. The maximum absolute atomic E-state index is 13.6. The standard InChI is InChI=1S/C19H16FN3O2S2/c1-3-23-14-6-7-26-17(14)9-15(23)18(24)22-19-21-13(10-27-19)12-8-11(20)4-5-16(12)25-2/h4-10H,3H2,1-2H3,(H,21,22,24). The van der Waals surface area contributed by atoms with E-state index in [2.05, 4.69) is 10.3 Å². The van der Waals surface area contributed by atoms with Crippen molar-refractivity contribution in [3.05, 3.63) is 52.6 Å². The van der Waals surface area contributed by atoms with Crippen LogP contribution in [-0.4, -0.2) is 22.6 Å². The minimum Gasteiger partial charge on any atom is -0.496 e. The van der Waals surface area contributed by atoms with Crippen LogP contribution in [0.3, 0.4) is 0 Å². The molecule has 0 aliphatic carbocycles. The molecular formula is C19H16FN3O2S2. The van der Waals surface area contributed by atoms with E-state index < -0.39 is 0 Å². The number of carbonyl (C=O) groups excluding carboxylic acids is 1. The van der Waals surface area contributed by atoms with E-state index in [9.17, 15) is 9.18 Å². The van der Waals surface area contributed by atoms with Crippen molar-refractivity contribution in [1.82, 2.24) is 9.55 Å². The lowest BCUT2D eigenvalue weighted by molar-refractivity contribution is 0.101. The van der Waals surface area contributed by atoms with Gasteiger partial charge in [-0.2, -0.15) is 0 Å². The number of methoxy groups -OCH3 is 1. The van der Waals surface area contributed by atoms with Crippen molar-refractivity contribution in [2.24, 2.45) is 0 Å². The number of ether oxygens (including phenoxy) is 1. The van der Waals surface area contributed by atoms with Crippen LogP contribution in [0.2, 0.25) is 0 Å². The molecule has 5 nitrogen and oxygen atoms in total. The molecule has 1 aromatic carbocycles. The third-order valence-corrected chi connectivity index (χ3v) is 5.84. The van der Waals surface area contributed by atoms with Crippen LogP contribution in [0.15, 0.2) is 41.1 Å². The minimum absolute atomic E-state index is 0.215. The van der Waals surface area contributed by atoms with Gasteiger partial charge in [-0.3, -0.25) is 10.1 Å². The molecular weight excluding hydrogens is 385 g/mol. The largest absolute Gasteiger partial charge is 0.496 e. The number of rotatable bonds is 5. The number of aryl methyl sites for hydroxylation is 1. The number of nitrogens with one attached hydrogen (secondary N) is 1. The van der Waals surface area contributed by atoms with Gasteiger partial charge in [0.2, 0.25) is 0 Å². The van der Waals surface area contributed by atoms with E-state index in [4.69, 9.17) is 4.74 Å². The van der Waals surface area contributed by atoms with Crippen LogP contribution in [0.25, 0.3) is 21.5 Å². The number of amides is 1. The Bertz CT molecular complexity index is 1130. The summed E-state index contributed by atoms with van der Waals surface area (Å²) in [5, 5.41) is 7.08. The van der Waals surface area contributed by atoms with Crippen LogP contribution < -0.4 is 10.1 Å². The number of halogens is 1. The Morgan fingerprint density at radius 2 is 2.15 bits per heavy atom. The molecule has 1 amide bonds. The fourth-order valence-corrected chi connectivity index (χ4v) is 4.53. The van der Waals surface area contributed by atoms with Gasteiger partial charge in [0, 0.05) is 17.5 Å². The Hall–Kier alpha value is -2.71. The van der Waals surface area contributed by atoms with Crippen molar-refractivity contribution in [3.8, 4) is 17.0 Å². The lowest BCUT2D eigenvalue weighted by Gasteiger charge is -2.07. The summed E-state index contributed by atoms with van der Waals surface area (Å²) in [7, 11) is 1.52. The molecule has 0 unspecified atom stereocenters. The van der Waals surface area contributed by atoms with Gasteiger partial charge in [0.05, 0.1) is 23.0 Å². The van der Waals surface area contributed by atoms with E-state index >= 15 is 0 Å². The molecule has 3 heterocycles. The average Bonchev–Trinajstić information content (AvgIpc) is 3.37. The van der Waals surface area contributed by atoms with Crippen LogP contribution in [0.5, 0.6) is 5.75 Å². The van der Waals surface area contributed by atoms with Gasteiger partial charge in [0.25, 0.3) is 5.91 Å². The summed E-state index contributed by atoms with van der Waals surface area (Å²) in [5.74, 6) is -0.0581. The lowest BCUT2D eigenvalue weighted by Crippen LogP contribution is -2.16. The van der Waals surface area contributed by atoms with E-state index in [0.29, 0.717) is 34.4 Å². The maximum atomic E-state index is 13.6. The minimum atomic E-state index is -0.370. The van der Waals surface area contributed by atoms with Crippen LogP contribution in [0.4, 0.5) is 9.52 Å². The van der Waals surface area contributed by atoms with Gasteiger partial charge >= 0.3 is 0 Å². The highest BCUT2D eigenvalue weighted by Crippen LogP contribution is 2.33. The summed E-state index contributed by atoms with van der Waals surface area (Å²) < 4.78 is 21.9. The van der Waals surface area contributed by atoms with Crippen molar-refractivity contribution in [2.45, 2.75) is 13.5 Å². The first-order chi connectivity index (χ1) is 13.1. The Labute approximate surface area is 163 Å². The highest BCUT2D eigenvalue weighted by Gasteiger charge is 2.18. The third-order valence-electron chi connectivity index (χ3n) is 4.23. The van der Waals surface area contributed by atoms with Gasteiger partial charge in [0.1, 0.15) is 17.3 Å². The Morgan fingerprint density at radius 1 is 1.30 bits per heavy atom. The zero-order chi connectivity index (χ0) is 19.0. The second-order valence-corrected chi connectivity index (χ2v) is 7.59. The van der Waals surface area contributed by atoms with Gasteiger partial charge in [-0.1, -0.05) is 0 Å². The number of hydrogen-bond donors (Lipinski definition) is 1. The van der Waals surface area contributed by atoms with Crippen molar-refractivity contribution in [2.75, 3.05) is 12.4 Å². The number of carbonyl (C=O) groups is 1. The second kappa shape index (κ2) is 7.13. The summed E-state index contributed by atoms with van der Waals surface area (Å²) >= 11 is 2.89. The van der Waals surface area contributed by atoms with Crippen molar-refractivity contribution in [1.29, 1.82) is 0 Å². The van der Waals surface area contributed by atoms with Crippen LogP contribution >= 0.6 is 22.7 Å². The second-order valence-electron chi connectivity index (χ2n) is 5.78. The average molecular weight is 401 g/mol. The van der Waals surface area contributed by atoms with Gasteiger partial charge in [-0.15, -0.1) is 22.7 Å². The predicted molar refractivity (Wildman–Crippen MR) is 108 cm³/mol. The quantitative estimate of drug-likeness (QED) is 0.497. The van der Waals surface area contributed by atoms with Gasteiger partial charge < -0.3 is 9.30 Å². The molecule has 0 fully saturated rings. The number of nitrogens with zero attached hydrogens (tertiary/aromatic N) is 2. The molecule has 1 N–H and O–H groups in total. The summed E-state index contributed by atoms with van der Waals surface area (Å²) in [5.41, 5.74) is 2.75. The molecule has 3 aromatic heterocycles. The van der Waals surface area contributed by atoms with Gasteiger partial charge in [-0.05, 0) is 42.6 Å². The number of anilines is 1. The summed E-state index contributed by atoms with van der Waals surface area (Å²) in [6.45, 7) is 2.71. The summed E-state index contributed by atoms with van der Waals surface area (Å²) in [6, 6.07) is 8.17. The Balaban J connectivity index is 1.62.